The van der Waals surface area contributed by atoms with E-state index < -0.39 is 0 Å². The van der Waals surface area contributed by atoms with Crippen LogP contribution in [0.5, 0.6) is 0 Å². The monoisotopic (exact) mass is 286 g/mol. The fourth-order valence-corrected chi connectivity index (χ4v) is 1.88. The number of nitrogens with zero attached hydrogens (tertiary/aromatic N) is 5. The lowest BCUT2D eigenvalue weighted by atomic mass is 10.2. The summed E-state index contributed by atoms with van der Waals surface area (Å²) in [5.74, 6) is 0. The van der Waals surface area contributed by atoms with Gasteiger partial charge >= 0.3 is 0 Å². The molecule has 0 aliphatic rings. The molecule has 6 heteroatoms. The zero-order valence-electron chi connectivity index (χ0n) is 12.6. The van der Waals surface area contributed by atoms with Gasteiger partial charge in [-0.1, -0.05) is 12.1 Å². The summed E-state index contributed by atoms with van der Waals surface area (Å²) in [5, 5.41) is 11.8. The molecule has 1 aromatic carbocycles. The topological polar surface area (TPSA) is 58.3 Å². The number of anilines is 1. The average molecular weight is 286 g/mol. The van der Waals surface area contributed by atoms with Gasteiger partial charge < -0.3 is 9.47 Å². The van der Waals surface area contributed by atoms with Crippen molar-refractivity contribution in [2.45, 2.75) is 19.4 Å². The summed E-state index contributed by atoms with van der Waals surface area (Å²) in [6.07, 6.45) is 7.45. The third-order valence-corrected chi connectivity index (χ3v) is 3.01. The van der Waals surface area contributed by atoms with Crippen molar-refractivity contribution in [1.29, 1.82) is 0 Å². The predicted octanol–water partition coefficient (Wildman–Crippen LogP) is 2.07. The number of nitrogens with one attached hydrogen (secondary N) is 1. The third-order valence-electron chi connectivity index (χ3n) is 3.01. The van der Waals surface area contributed by atoms with E-state index in [4.69, 9.17) is 0 Å². The molecule has 0 saturated carbocycles. The Balaban J connectivity index is 1.73. The summed E-state index contributed by atoms with van der Waals surface area (Å²) in [5.41, 5.74) is 5.24. The van der Waals surface area contributed by atoms with Crippen molar-refractivity contribution in [2.75, 3.05) is 26.1 Å². The summed E-state index contributed by atoms with van der Waals surface area (Å²) in [4.78, 5) is 2.18. The van der Waals surface area contributed by atoms with Crippen LogP contribution in [0, 0.1) is 0 Å². The quantitative estimate of drug-likeness (QED) is 0.458. The van der Waals surface area contributed by atoms with Gasteiger partial charge in [0, 0.05) is 12.8 Å². The Kier molecular flexibility index (Phi) is 5.90. The molecule has 1 heterocycles. The first kappa shape index (κ1) is 15.2. The first-order valence-corrected chi connectivity index (χ1v) is 7.07. The molecule has 1 aromatic heterocycles. The SMILES string of the molecule is CN(C)CCC/C=N\Nc1ccc(Cn2cnnc2)cc1. The predicted molar refractivity (Wildman–Crippen MR) is 85.5 cm³/mol. The van der Waals surface area contributed by atoms with Crippen LogP contribution in [-0.4, -0.2) is 46.5 Å². The maximum absolute atomic E-state index is 4.23. The van der Waals surface area contributed by atoms with E-state index in [1.54, 1.807) is 12.7 Å². The number of benzene rings is 1. The number of hydrogen-bond acceptors (Lipinski definition) is 5. The van der Waals surface area contributed by atoms with Crippen LogP contribution in [-0.2, 0) is 6.54 Å². The van der Waals surface area contributed by atoms with Gasteiger partial charge in [0.1, 0.15) is 12.7 Å². The van der Waals surface area contributed by atoms with Crippen molar-refractivity contribution >= 4 is 11.9 Å². The highest BCUT2D eigenvalue weighted by molar-refractivity contribution is 5.59. The molecular formula is C15H22N6. The first-order chi connectivity index (χ1) is 10.2. The second-order valence-corrected chi connectivity index (χ2v) is 5.20. The molecule has 0 bridgehead atoms. The molecule has 0 aliphatic carbocycles. The van der Waals surface area contributed by atoms with Crippen LogP contribution in [0.3, 0.4) is 0 Å². The van der Waals surface area contributed by atoms with Gasteiger partial charge in [-0.3, -0.25) is 5.43 Å². The number of rotatable bonds is 8. The Morgan fingerprint density at radius 3 is 2.57 bits per heavy atom. The second kappa shape index (κ2) is 8.16. The molecule has 1 N–H and O–H groups in total. The van der Waals surface area contributed by atoms with E-state index in [-0.39, 0.29) is 0 Å². The van der Waals surface area contributed by atoms with Crippen molar-refractivity contribution in [3.63, 3.8) is 0 Å². The maximum Gasteiger partial charge on any atom is 0.119 e. The lowest BCUT2D eigenvalue weighted by Gasteiger charge is -2.06. The molecule has 0 atom stereocenters. The lowest BCUT2D eigenvalue weighted by molar-refractivity contribution is 0.404. The molecule has 0 amide bonds. The zero-order valence-corrected chi connectivity index (χ0v) is 12.6. The molecule has 6 nitrogen and oxygen atoms in total. The maximum atomic E-state index is 4.23. The molecule has 0 spiro atoms. The molecular weight excluding hydrogens is 264 g/mol. The summed E-state index contributed by atoms with van der Waals surface area (Å²) in [6.45, 7) is 1.87. The fourth-order valence-electron chi connectivity index (χ4n) is 1.88. The minimum atomic E-state index is 0.779. The minimum Gasteiger partial charge on any atom is -0.316 e. The van der Waals surface area contributed by atoms with Crippen molar-refractivity contribution < 1.29 is 0 Å². The highest BCUT2D eigenvalue weighted by atomic mass is 15.3. The van der Waals surface area contributed by atoms with E-state index in [1.165, 1.54) is 5.56 Å². The summed E-state index contributed by atoms with van der Waals surface area (Å²) in [6, 6.07) is 8.20. The Morgan fingerprint density at radius 2 is 1.90 bits per heavy atom. The Hall–Kier alpha value is -2.21. The van der Waals surface area contributed by atoms with E-state index in [2.05, 4.69) is 51.9 Å². The second-order valence-electron chi connectivity index (χ2n) is 5.20. The van der Waals surface area contributed by atoms with Gasteiger partial charge in [0.25, 0.3) is 0 Å². The Bertz CT molecular complexity index is 530. The minimum absolute atomic E-state index is 0.779. The van der Waals surface area contributed by atoms with Crippen LogP contribution in [0.25, 0.3) is 0 Å². The van der Waals surface area contributed by atoms with Gasteiger partial charge in [-0.15, -0.1) is 10.2 Å². The number of hydrazone groups is 1. The molecule has 0 radical (unpaired) electrons. The Labute approximate surface area is 125 Å². The van der Waals surface area contributed by atoms with Gasteiger partial charge in [0.05, 0.1) is 5.69 Å². The molecule has 112 valence electrons. The largest absolute Gasteiger partial charge is 0.316 e. The van der Waals surface area contributed by atoms with E-state index in [0.717, 1.165) is 31.6 Å². The van der Waals surface area contributed by atoms with Crippen LogP contribution in [0.1, 0.15) is 18.4 Å². The van der Waals surface area contributed by atoms with Gasteiger partial charge in [0.2, 0.25) is 0 Å². The standard InChI is InChI=1S/C15H22N6/c1-20(2)10-4-3-9-16-19-15-7-5-14(6-8-15)11-21-12-17-18-13-21/h5-9,12-13,19H,3-4,10-11H2,1-2H3/b16-9-. The smallest absolute Gasteiger partial charge is 0.119 e. The van der Waals surface area contributed by atoms with Crippen molar-refractivity contribution in [3.05, 3.63) is 42.5 Å². The van der Waals surface area contributed by atoms with Crippen LogP contribution < -0.4 is 5.43 Å². The first-order valence-electron chi connectivity index (χ1n) is 7.07. The number of unbranched alkanes of at least 4 members (excludes halogenated alkanes) is 1. The lowest BCUT2D eigenvalue weighted by Crippen LogP contribution is -2.12. The van der Waals surface area contributed by atoms with Crippen molar-refractivity contribution in [3.8, 4) is 0 Å². The molecule has 0 aliphatic heterocycles. The third kappa shape index (κ3) is 5.74. The molecule has 0 saturated heterocycles. The molecule has 2 aromatic rings. The van der Waals surface area contributed by atoms with E-state index in [9.17, 15) is 0 Å². The van der Waals surface area contributed by atoms with Crippen LogP contribution in [0.4, 0.5) is 5.69 Å². The number of aromatic nitrogens is 3. The van der Waals surface area contributed by atoms with E-state index in [1.807, 2.05) is 22.9 Å². The highest BCUT2D eigenvalue weighted by Gasteiger charge is 1.96. The molecule has 0 unspecified atom stereocenters. The summed E-state index contributed by atoms with van der Waals surface area (Å²) >= 11 is 0. The van der Waals surface area contributed by atoms with Crippen LogP contribution in [0.15, 0.2) is 42.0 Å². The van der Waals surface area contributed by atoms with Gasteiger partial charge in [-0.05, 0) is 51.2 Å². The highest BCUT2D eigenvalue weighted by Crippen LogP contribution is 2.10. The summed E-state index contributed by atoms with van der Waals surface area (Å²) < 4.78 is 1.94. The van der Waals surface area contributed by atoms with E-state index >= 15 is 0 Å². The normalized spacial score (nSPS) is 11.4. The van der Waals surface area contributed by atoms with Gasteiger partial charge in [-0.25, -0.2) is 0 Å². The van der Waals surface area contributed by atoms with Crippen molar-refractivity contribution in [2.24, 2.45) is 5.10 Å². The summed E-state index contributed by atoms with van der Waals surface area (Å²) in [7, 11) is 4.16. The van der Waals surface area contributed by atoms with E-state index in [0.29, 0.717) is 0 Å². The average Bonchev–Trinajstić information content (AvgIpc) is 2.97. The number of hydrogen-bond donors (Lipinski definition) is 1. The fraction of sp³-hybridized carbons (Fsp3) is 0.400. The van der Waals surface area contributed by atoms with Crippen LogP contribution in [0.2, 0.25) is 0 Å². The molecule has 2 rings (SSSR count). The molecule has 21 heavy (non-hydrogen) atoms. The van der Waals surface area contributed by atoms with Crippen molar-refractivity contribution in [1.82, 2.24) is 19.7 Å². The Morgan fingerprint density at radius 1 is 1.19 bits per heavy atom. The molecule has 0 fully saturated rings. The zero-order chi connectivity index (χ0) is 14.9. The van der Waals surface area contributed by atoms with Gasteiger partial charge in [-0.2, -0.15) is 5.10 Å². The van der Waals surface area contributed by atoms with Crippen LogP contribution >= 0.6 is 0 Å². The van der Waals surface area contributed by atoms with Gasteiger partial charge in [0.15, 0.2) is 0 Å².